The number of ether oxygens (including phenoxy) is 1. The summed E-state index contributed by atoms with van der Waals surface area (Å²) in [6.45, 7) is 3.77. The maximum absolute atomic E-state index is 12.6. The van der Waals surface area contributed by atoms with Crippen LogP contribution >= 0.6 is 0 Å². The first-order valence-corrected chi connectivity index (χ1v) is 8.62. The van der Waals surface area contributed by atoms with E-state index in [0.717, 1.165) is 0 Å². The molecule has 1 aliphatic rings. The van der Waals surface area contributed by atoms with Crippen LogP contribution in [0.5, 0.6) is 5.75 Å². The van der Waals surface area contributed by atoms with Gasteiger partial charge in [0.05, 0.1) is 11.5 Å². The minimum atomic E-state index is -3.53. The summed E-state index contributed by atoms with van der Waals surface area (Å²) in [5.41, 5.74) is 0. The number of nitrogens with one attached hydrogen (secondary N) is 1. The Balaban J connectivity index is 2.06. The summed E-state index contributed by atoms with van der Waals surface area (Å²) in [7, 11) is -1.97. The molecule has 1 aliphatic heterocycles. The molecule has 8 heteroatoms. The molecule has 0 saturated carbocycles. The summed E-state index contributed by atoms with van der Waals surface area (Å²) in [6.07, 6.45) is 0. The third kappa shape index (κ3) is 3.50. The molecule has 122 valence electrons. The summed E-state index contributed by atoms with van der Waals surface area (Å²) in [5.74, 6) is 0.644. The molecular weight excluding hydrogens is 306 g/mol. The number of carbonyl (C=O) groups is 1. The van der Waals surface area contributed by atoms with E-state index in [1.54, 1.807) is 36.2 Å². The molecule has 7 nitrogen and oxygen atoms in total. The molecular formula is C14H21N3O4S. The van der Waals surface area contributed by atoms with Crippen LogP contribution in [0.15, 0.2) is 29.2 Å². The molecule has 1 heterocycles. The van der Waals surface area contributed by atoms with Gasteiger partial charge in [0.15, 0.2) is 0 Å². The summed E-state index contributed by atoms with van der Waals surface area (Å²) >= 11 is 0. The van der Waals surface area contributed by atoms with Gasteiger partial charge in [-0.3, -0.25) is 0 Å². The Morgan fingerprint density at radius 1 is 1.18 bits per heavy atom. The highest BCUT2D eigenvalue weighted by Crippen LogP contribution is 2.20. The molecule has 0 bridgehead atoms. The lowest BCUT2D eigenvalue weighted by Crippen LogP contribution is -2.52. The highest BCUT2D eigenvalue weighted by Gasteiger charge is 2.29. The highest BCUT2D eigenvalue weighted by molar-refractivity contribution is 7.89. The van der Waals surface area contributed by atoms with Crippen molar-refractivity contribution >= 4 is 16.1 Å². The minimum absolute atomic E-state index is 0.182. The third-order valence-electron chi connectivity index (χ3n) is 3.51. The number of urea groups is 1. The Labute approximate surface area is 130 Å². The summed E-state index contributed by atoms with van der Waals surface area (Å²) in [6, 6.07) is 6.21. The summed E-state index contributed by atoms with van der Waals surface area (Å²) in [4.78, 5) is 13.4. The van der Waals surface area contributed by atoms with Crippen molar-refractivity contribution in [2.45, 2.75) is 11.8 Å². The van der Waals surface area contributed by atoms with Crippen LogP contribution in [-0.4, -0.2) is 63.5 Å². The Morgan fingerprint density at radius 3 is 2.27 bits per heavy atom. The Hall–Kier alpha value is -1.80. The normalized spacial score (nSPS) is 16.4. The summed E-state index contributed by atoms with van der Waals surface area (Å²) in [5, 5.41) is 2.54. The van der Waals surface area contributed by atoms with Crippen molar-refractivity contribution in [2.75, 3.05) is 39.8 Å². The highest BCUT2D eigenvalue weighted by atomic mass is 32.2. The van der Waals surface area contributed by atoms with Crippen molar-refractivity contribution in [2.24, 2.45) is 0 Å². The van der Waals surface area contributed by atoms with Gasteiger partial charge in [-0.05, 0) is 31.2 Å². The number of carbonyl (C=O) groups excluding carboxylic acids is 1. The topological polar surface area (TPSA) is 79.0 Å². The third-order valence-corrected chi connectivity index (χ3v) is 5.43. The van der Waals surface area contributed by atoms with Crippen LogP contribution in [-0.2, 0) is 10.0 Å². The first-order valence-electron chi connectivity index (χ1n) is 7.18. The molecule has 1 saturated heterocycles. The number of nitrogens with zero attached hydrogens (tertiary/aromatic N) is 2. The van der Waals surface area contributed by atoms with Crippen molar-refractivity contribution < 1.29 is 17.9 Å². The van der Waals surface area contributed by atoms with Crippen LogP contribution in [0.2, 0.25) is 0 Å². The smallest absolute Gasteiger partial charge is 0.317 e. The number of hydrogen-bond acceptors (Lipinski definition) is 4. The first-order chi connectivity index (χ1) is 10.5. The minimum Gasteiger partial charge on any atom is -0.494 e. The van der Waals surface area contributed by atoms with E-state index in [0.29, 0.717) is 38.5 Å². The van der Waals surface area contributed by atoms with E-state index in [1.165, 1.54) is 4.31 Å². The van der Waals surface area contributed by atoms with E-state index < -0.39 is 10.0 Å². The zero-order chi connectivity index (χ0) is 16.2. The molecule has 1 aromatic carbocycles. The predicted molar refractivity (Wildman–Crippen MR) is 82.4 cm³/mol. The van der Waals surface area contributed by atoms with Crippen molar-refractivity contribution in [3.05, 3.63) is 24.3 Å². The number of sulfonamides is 1. The van der Waals surface area contributed by atoms with Gasteiger partial charge < -0.3 is 15.0 Å². The second kappa shape index (κ2) is 6.97. The van der Waals surface area contributed by atoms with E-state index in [2.05, 4.69) is 5.32 Å². The van der Waals surface area contributed by atoms with Gasteiger partial charge in [-0.25, -0.2) is 13.2 Å². The van der Waals surface area contributed by atoms with Gasteiger partial charge >= 0.3 is 6.03 Å². The molecule has 0 unspecified atom stereocenters. The van der Waals surface area contributed by atoms with Crippen LogP contribution in [0.4, 0.5) is 4.79 Å². The van der Waals surface area contributed by atoms with E-state index in [-0.39, 0.29) is 10.9 Å². The van der Waals surface area contributed by atoms with Crippen LogP contribution in [0.1, 0.15) is 6.92 Å². The summed E-state index contributed by atoms with van der Waals surface area (Å²) < 4.78 is 31.9. The molecule has 1 aromatic rings. The fraction of sp³-hybridized carbons (Fsp3) is 0.500. The van der Waals surface area contributed by atoms with Crippen molar-refractivity contribution in [3.8, 4) is 5.75 Å². The quantitative estimate of drug-likeness (QED) is 0.884. The van der Waals surface area contributed by atoms with E-state index in [4.69, 9.17) is 4.74 Å². The van der Waals surface area contributed by atoms with Crippen molar-refractivity contribution in [1.29, 1.82) is 0 Å². The first kappa shape index (κ1) is 16.6. The number of hydrogen-bond donors (Lipinski definition) is 1. The van der Waals surface area contributed by atoms with Crippen molar-refractivity contribution in [1.82, 2.24) is 14.5 Å². The average Bonchev–Trinajstić information content (AvgIpc) is 2.55. The Bertz CT molecular complexity index is 607. The molecule has 1 fully saturated rings. The van der Waals surface area contributed by atoms with E-state index in [9.17, 15) is 13.2 Å². The van der Waals surface area contributed by atoms with Crippen LogP contribution in [0.3, 0.4) is 0 Å². The fourth-order valence-electron chi connectivity index (χ4n) is 2.31. The predicted octanol–water partition coefficient (Wildman–Crippen LogP) is 0.731. The molecule has 0 radical (unpaired) electrons. The van der Waals surface area contributed by atoms with Gasteiger partial charge in [0.2, 0.25) is 10.0 Å². The molecule has 0 aliphatic carbocycles. The lowest BCUT2D eigenvalue weighted by Gasteiger charge is -2.33. The monoisotopic (exact) mass is 327 g/mol. The number of piperazine rings is 1. The standard InChI is InChI=1S/C14H21N3O4S/c1-3-21-12-4-6-13(7-5-12)22(19,20)17-10-8-16(9-11-17)14(18)15-2/h4-7H,3,8-11H2,1-2H3,(H,15,18). The maximum atomic E-state index is 12.6. The van der Waals surface area contributed by atoms with E-state index in [1.807, 2.05) is 6.92 Å². The van der Waals surface area contributed by atoms with Gasteiger partial charge in [-0.15, -0.1) is 0 Å². The fourth-order valence-corrected chi connectivity index (χ4v) is 3.74. The molecule has 2 rings (SSSR count). The molecule has 22 heavy (non-hydrogen) atoms. The Kier molecular flexibility index (Phi) is 5.25. The average molecular weight is 327 g/mol. The lowest BCUT2D eigenvalue weighted by molar-refractivity contribution is 0.174. The van der Waals surface area contributed by atoms with Crippen molar-refractivity contribution in [3.63, 3.8) is 0 Å². The zero-order valence-corrected chi connectivity index (χ0v) is 13.6. The largest absolute Gasteiger partial charge is 0.494 e. The second-order valence-corrected chi connectivity index (χ2v) is 6.79. The van der Waals surface area contributed by atoms with E-state index >= 15 is 0 Å². The number of benzene rings is 1. The molecule has 0 atom stereocenters. The van der Waals surface area contributed by atoms with Gasteiger partial charge in [0.1, 0.15) is 5.75 Å². The van der Waals surface area contributed by atoms with Crippen LogP contribution < -0.4 is 10.1 Å². The molecule has 0 spiro atoms. The van der Waals surface area contributed by atoms with Gasteiger partial charge in [0.25, 0.3) is 0 Å². The molecule has 0 aromatic heterocycles. The molecule has 1 N–H and O–H groups in total. The zero-order valence-electron chi connectivity index (χ0n) is 12.8. The lowest BCUT2D eigenvalue weighted by atomic mass is 10.3. The van der Waals surface area contributed by atoms with Gasteiger partial charge in [-0.2, -0.15) is 4.31 Å². The number of rotatable bonds is 4. The second-order valence-electron chi connectivity index (χ2n) is 4.85. The SMILES string of the molecule is CCOc1ccc(S(=O)(=O)N2CCN(C(=O)NC)CC2)cc1. The van der Waals surface area contributed by atoms with Crippen LogP contribution in [0.25, 0.3) is 0 Å². The Morgan fingerprint density at radius 2 is 1.77 bits per heavy atom. The molecule has 2 amide bonds. The number of amides is 2. The maximum Gasteiger partial charge on any atom is 0.317 e. The van der Waals surface area contributed by atoms with Gasteiger partial charge in [0, 0.05) is 33.2 Å². The van der Waals surface area contributed by atoms with Gasteiger partial charge in [-0.1, -0.05) is 0 Å². The van der Waals surface area contributed by atoms with Crippen LogP contribution in [0, 0.1) is 0 Å².